The molecule has 1 heterocycles. The minimum absolute atomic E-state index is 0.187. The number of anilines is 1. The fraction of sp³-hybridized carbons (Fsp3) is 0.400. The van der Waals surface area contributed by atoms with E-state index in [1.165, 1.54) is 16.2 Å². The lowest BCUT2D eigenvalue weighted by Gasteiger charge is -2.12. The molecule has 2 aromatic rings. The summed E-state index contributed by atoms with van der Waals surface area (Å²) in [6, 6.07) is 7.57. The smallest absolute Gasteiger partial charge is 0.341 e. The zero-order chi connectivity index (χ0) is 18.5. The lowest BCUT2D eigenvalue weighted by Crippen LogP contribution is -2.15. The van der Waals surface area contributed by atoms with E-state index in [1.807, 2.05) is 18.2 Å². The molecule has 26 heavy (non-hydrogen) atoms. The first-order valence-electron chi connectivity index (χ1n) is 8.99. The minimum Gasteiger partial charge on any atom is -0.462 e. The number of hydrogen-bond acceptors (Lipinski definition) is 5. The van der Waals surface area contributed by atoms with Crippen LogP contribution in [0.25, 0.3) is 0 Å². The SMILES string of the molecule is CCOC(=O)c1c(NC(=O)c2cccc(SCC)c2)sc2c1CCCC2. The van der Waals surface area contributed by atoms with Gasteiger partial charge in [0.15, 0.2) is 0 Å². The van der Waals surface area contributed by atoms with E-state index in [2.05, 4.69) is 12.2 Å². The maximum atomic E-state index is 12.8. The zero-order valence-corrected chi connectivity index (χ0v) is 16.7. The van der Waals surface area contributed by atoms with Crippen LogP contribution in [-0.4, -0.2) is 24.2 Å². The monoisotopic (exact) mass is 389 g/mol. The molecule has 4 nitrogen and oxygen atoms in total. The van der Waals surface area contributed by atoms with Crippen molar-refractivity contribution in [2.45, 2.75) is 44.4 Å². The van der Waals surface area contributed by atoms with Gasteiger partial charge in [0.05, 0.1) is 12.2 Å². The molecule has 0 bridgehead atoms. The van der Waals surface area contributed by atoms with Crippen molar-refractivity contribution in [1.29, 1.82) is 0 Å². The Balaban J connectivity index is 1.89. The van der Waals surface area contributed by atoms with Gasteiger partial charge in [0.1, 0.15) is 5.00 Å². The van der Waals surface area contributed by atoms with Crippen LogP contribution < -0.4 is 5.32 Å². The number of esters is 1. The predicted molar refractivity (Wildman–Crippen MR) is 108 cm³/mol. The molecule has 0 fully saturated rings. The van der Waals surface area contributed by atoms with Gasteiger partial charge in [0.2, 0.25) is 0 Å². The van der Waals surface area contributed by atoms with Gasteiger partial charge >= 0.3 is 5.97 Å². The molecule has 0 unspecified atom stereocenters. The first kappa shape index (κ1) is 19.0. The van der Waals surface area contributed by atoms with E-state index in [0.717, 1.165) is 41.9 Å². The van der Waals surface area contributed by atoms with Crippen molar-refractivity contribution >= 4 is 40.0 Å². The second-order valence-electron chi connectivity index (χ2n) is 6.05. The lowest BCUT2D eigenvalue weighted by molar-refractivity contribution is 0.0526. The zero-order valence-electron chi connectivity index (χ0n) is 15.1. The second-order valence-corrected chi connectivity index (χ2v) is 8.49. The summed E-state index contributed by atoms with van der Waals surface area (Å²) in [6.07, 6.45) is 4.03. The van der Waals surface area contributed by atoms with Crippen molar-refractivity contribution in [3.8, 4) is 0 Å². The van der Waals surface area contributed by atoms with Crippen molar-refractivity contribution in [2.75, 3.05) is 17.7 Å². The summed E-state index contributed by atoms with van der Waals surface area (Å²) >= 11 is 3.21. The van der Waals surface area contributed by atoms with Gasteiger partial charge in [0.25, 0.3) is 5.91 Å². The van der Waals surface area contributed by atoms with Crippen LogP contribution in [-0.2, 0) is 17.6 Å². The normalized spacial score (nSPS) is 13.2. The van der Waals surface area contributed by atoms with E-state index < -0.39 is 0 Å². The summed E-state index contributed by atoms with van der Waals surface area (Å²) < 4.78 is 5.24. The molecule has 0 atom stereocenters. The van der Waals surface area contributed by atoms with Gasteiger partial charge in [-0.2, -0.15) is 0 Å². The maximum absolute atomic E-state index is 12.8. The number of ether oxygens (including phenoxy) is 1. The average molecular weight is 390 g/mol. The predicted octanol–water partition coefficient (Wildman–Crippen LogP) is 5.17. The number of carbonyl (C=O) groups excluding carboxylic acids is 2. The molecule has 138 valence electrons. The highest BCUT2D eigenvalue weighted by Gasteiger charge is 2.27. The lowest BCUT2D eigenvalue weighted by atomic mass is 9.95. The molecule has 0 aliphatic heterocycles. The molecule has 3 rings (SSSR count). The van der Waals surface area contributed by atoms with Gasteiger partial charge in [-0.15, -0.1) is 23.1 Å². The highest BCUT2D eigenvalue weighted by Crippen LogP contribution is 2.38. The molecule has 1 aliphatic carbocycles. The highest BCUT2D eigenvalue weighted by atomic mass is 32.2. The number of hydrogen-bond donors (Lipinski definition) is 1. The van der Waals surface area contributed by atoms with E-state index in [-0.39, 0.29) is 11.9 Å². The van der Waals surface area contributed by atoms with Crippen molar-refractivity contribution < 1.29 is 14.3 Å². The van der Waals surface area contributed by atoms with Crippen molar-refractivity contribution in [3.05, 3.63) is 45.8 Å². The summed E-state index contributed by atoms with van der Waals surface area (Å²) in [5.41, 5.74) is 2.22. The Morgan fingerprint density at radius 1 is 1.23 bits per heavy atom. The van der Waals surface area contributed by atoms with Crippen molar-refractivity contribution in [2.24, 2.45) is 0 Å². The van der Waals surface area contributed by atoms with E-state index >= 15 is 0 Å². The third-order valence-corrected chi connectivity index (χ3v) is 6.37. The molecule has 0 saturated heterocycles. The van der Waals surface area contributed by atoms with Crippen LogP contribution in [0.3, 0.4) is 0 Å². The molecule has 0 saturated carbocycles. The summed E-state index contributed by atoms with van der Waals surface area (Å²) in [7, 11) is 0. The van der Waals surface area contributed by atoms with E-state index in [4.69, 9.17) is 4.74 Å². The highest BCUT2D eigenvalue weighted by molar-refractivity contribution is 7.99. The quantitative estimate of drug-likeness (QED) is 0.547. The van der Waals surface area contributed by atoms with Crippen LogP contribution in [0.2, 0.25) is 0 Å². The number of fused-ring (bicyclic) bond motifs is 1. The van der Waals surface area contributed by atoms with Crippen LogP contribution >= 0.6 is 23.1 Å². The molecular formula is C20H23NO3S2. The number of carbonyl (C=O) groups is 2. The standard InChI is InChI=1S/C20H23NO3S2/c1-3-24-20(23)17-15-10-5-6-11-16(15)26-19(17)21-18(22)13-8-7-9-14(12-13)25-4-2/h7-9,12H,3-6,10-11H2,1-2H3,(H,21,22). The number of nitrogens with one attached hydrogen (secondary N) is 1. The van der Waals surface area contributed by atoms with Gasteiger partial charge in [0, 0.05) is 15.3 Å². The van der Waals surface area contributed by atoms with Crippen LogP contribution in [0.15, 0.2) is 29.2 Å². The second kappa shape index (κ2) is 8.73. The van der Waals surface area contributed by atoms with Crippen LogP contribution in [0.5, 0.6) is 0 Å². The Hall–Kier alpha value is -1.79. The molecule has 1 aromatic carbocycles. The first-order chi connectivity index (χ1) is 12.6. The topological polar surface area (TPSA) is 55.4 Å². The molecule has 1 aliphatic rings. The number of rotatable bonds is 6. The number of thiophene rings is 1. The molecule has 1 aromatic heterocycles. The number of aryl methyl sites for hydroxylation is 1. The fourth-order valence-corrected chi connectivity index (χ4v) is 5.13. The summed E-state index contributed by atoms with van der Waals surface area (Å²) in [5, 5.41) is 3.58. The molecule has 0 spiro atoms. The fourth-order valence-electron chi connectivity index (χ4n) is 3.14. The summed E-state index contributed by atoms with van der Waals surface area (Å²) in [6.45, 7) is 4.21. The average Bonchev–Trinajstić information content (AvgIpc) is 3.00. The maximum Gasteiger partial charge on any atom is 0.341 e. The summed E-state index contributed by atoms with van der Waals surface area (Å²) in [4.78, 5) is 27.5. The Kier molecular flexibility index (Phi) is 6.38. The van der Waals surface area contributed by atoms with Crippen LogP contribution in [0.4, 0.5) is 5.00 Å². The van der Waals surface area contributed by atoms with Gasteiger partial charge in [-0.25, -0.2) is 4.79 Å². The third-order valence-electron chi connectivity index (χ3n) is 4.29. The first-order valence-corrected chi connectivity index (χ1v) is 10.8. The van der Waals surface area contributed by atoms with Crippen molar-refractivity contribution in [1.82, 2.24) is 0 Å². The number of thioether (sulfide) groups is 1. The number of amides is 1. The van der Waals surface area contributed by atoms with E-state index in [1.54, 1.807) is 24.8 Å². The van der Waals surface area contributed by atoms with E-state index in [0.29, 0.717) is 22.7 Å². The number of benzene rings is 1. The Morgan fingerprint density at radius 2 is 2.04 bits per heavy atom. The van der Waals surface area contributed by atoms with Gasteiger partial charge in [-0.1, -0.05) is 13.0 Å². The molecule has 0 radical (unpaired) electrons. The van der Waals surface area contributed by atoms with Gasteiger partial charge < -0.3 is 10.1 Å². The Bertz CT molecular complexity index is 813. The third kappa shape index (κ3) is 4.13. The van der Waals surface area contributed by atoms with Gasteiger partial charge in [-0.05, 0) is 62.1 Å². The Morgan fingerprint density at radius 3 is 2.81 bits per heavy atom. The summed E-state index contributed by atoms with van der Waals surface area (Å²) in [5.74, 6) is 0.431. The minimum atomic E-state index is -0.336. The molecule has 1 amide bonds. The van der Waals surface area contributed by atoms with E-state index in [9.17, 15) is 9.59 Å². The largest absolute Gasteiger partial charge is 0.462 e. The van der Waals surface area contributed by atoms with Crippen LogP contribution in [0.1, 0.15) is 57.8 Å². The molecule has 1 N–H and O–H groups in total. The van der Waals surface area contributed by atoms with Crippen LogP contribution in [0, 0.1) is 0 Å². The molecule has 6 heteroatoms. The van der Waals surface area contributed by atoms with Gasteiger partial charge in [-0.3, -0.25) is 4.79 Å². The van der Waals surface area contributed by atoms with Crippen molar-refractivity contribution in [3.63, 3.8) is 0 Å². The molecular weight excluding hydrogens is 366 g/mol. The Labute approximate surface area is 162 Å².